The SMILES string of the molecule is C=C(COC(c1ccccc1)(c1ccccc1)c1ccccc1)c1nc(Cl)c(C(=O)O)cc1F. The van der Waals surface area contributed by atoms with Gasteiger partial charge in [-0.25, -0.2) is 14.2 Å². The Balaban J connectivity index is 1.79. The van der Waals surface area contributed by atoms with Crippen LogP contribution >= 0.6 is 11.6 Å². The summed E-state index contributed by atoms with van der Waals surface area (Å²) in [6.45, 7) is 3.86. The molecule has 0 amide bonds. The van der Waals surface area contributed by atoms with Crippen LogP contribution in [-0.2, 0) is 10.3 Å². The van der Waals surface area contributed by atoms with Crippen molar-refractivity contribution in [2.75, 3.05) is 6.61 Å². The summed E-state index contributed by atoms with van der Waals surface area (Å²) in [5, 5.41) is 8.86. The van der Waals surface area contributed by atoms with Crippen LogP contribution in [0, 0.1) is 5.82 Å². The second-order valence-electron chi connectivity index (χ2n) is 7.63. The second kappa shape index (κ2) is 10.00. The fraction of sp³-hybridized carbons (Fsp3) is 0.0714. The third kappa shape index (κ3) is 4.49. The number of benzene rings is 3. The molecule has 0 bridgehead atoms. The predicted molar refractivity (Wildman–Crippen MR) is 130 cm³/mol. The summed E-state index contributed by atoms with van der Waals surface area (Å²) in [5.41, 5.74) is 1.30. The Morgan fingerprint density at radius 2 is 1.35 bits per heavy atom. The summed E-state index contributed by atoms with van der Waals surface area (Å²) >= 11 is 5.98. The minimum absolute atomic E-state index is 0.0919. The molecular weight excluding hydrogens is 453 g/mol. The van der Waals surface area contributed by atoms with Gasteiger partial charge in [0.1, 0.15) is 22.3 Å². The normalized spacial score (nSPS) is 11.2. The minimum atomic E-state index is -1.36. The summed E-state index contributed by atoms with van der Waals surface area (Å²) < 4.78 is 21.3. The number of ether oxygens (including phenoxy) is 1. The zero-order chi connectivity index (χ0) is 24.1. The van der Waals surface area contributed by atoms with Gasteiger partial charge in [0.25, 0.3) is 0 Å². The molecule has 3 aromatic carbocycles. The molecular formula is C28H21ClFNO3. The molecule has 0 saturated carbocycles. The average molecular weight is 474 g/mol. The monoisotopic (exact) mass is 473 g/mol. The number of pyridine rings is 1. The van der Waals surface area contributed by atoms with Gasteiger partial charge in [-0.05, 0) is 28.3 Å². The Morgan fingerprint density at radius 1 is 0.912 bits per heavy atom. The molecule has 6 heteroatoms. The first-order valence-electron chi connectivity index (χ1n) is 10.5. The number of hydrogen-bond donors (Lipinski definition) is 1. The first-order valence-corrected chi connectivity index (χ1v) is 10.9. The van der Waals surface area contributed by atoms with Gasteiger partial charge in [0.15, 0.2) is 0 Å². The van der Waals surface area contributed by atoms with E-state index in [1.165, 1.54) is 0 Å². The highest BCUT2D eigenvalue weighted by molar-refractivity contribution is 6.32. The Bertz CT molecular complexity index is 1220. The number of carboxylic acid groups (broad SMARTS) is 1. The lowest BCUT2D eigenvalue weighted by atomic mass is 9.80. The fourth-order valence-electron chi connectivity index (χ4n) is 3.90. The molecule has 0 spiro atoms. The van der Waals surface area contributed by atoms with Crippen LogP contribution in [0.15, 0.2) is 104 Å². The first-order chi connectivity index (χ1) is 16.4. The Kier molecular flexibility index (Phi) is 6.87. The molecule has 1 N–H and O–H groups in total. The predicted octanol–water partition coefficient (Wildman–Crippen LogP) is 6.59. The number of nitrogens with zero attached hydrogens (tertiary/aromatic N) is 1. The van der Waals surface area contributed by atoms with Crippen LogP contribution in [0.1, 0.15) is 32.7 Å². The van der Waals surface area contributed by atoms with E-state index >= 15 is 0 Å². The third-order valence-corrected chi connectivity index (χ3v) is 5.79. The molecule has 0 atom stereocenters. The first kappa shape index (κ1) is 23.4. The summed E-state index contributed by atoms with van der Waals surface area (Å²) in [7, 11) is 0. The quantitative estimate of drug-likeness (QED) is 0.231. The Morgan fingerprint density at radius 3 is 1.76 bits per heavy atom. The van der Waals surface area contributed by atoms with Crippen LogP contribution in [0.3, 0.4) is 0 Å². The molecule has 0 aliphatic carbocycles. The maximum absolute atomic E-state index is 14.7. The van der Waals surface area contributed by atoms with Crippen molar-refractivity contribution >= 4 is 23.1 Å². The largest absolute Gasteiger partial charge is 0.478 e. The molecule has 0 radical (unpaired) electrons. The molecule has 4 rings (SSSR count). The van der Waals surface area contributed by atoms with Crippen LogP contribution < -0.4 is 0 Å². The zero-order valence-corrected chi connectivity index (χ0v) is 18.9. The van der Waals surface area contributed by atoms with E-state index in [1.54, 1.807) is 0 Å². The molecule has 0 unspecified atom stereocenters. The summed E-state index contributed by atoms with van der Waals surface area (Å²) in [6.07, 6.45) is 0. The highest BCUT2D eigenvalue weighted by atomic mass is 35.5. The van der Waals surface area contributed by atoms with Crippen LogP contribution in [-0.4, -0.2) is 22.7 Å². The fourth-order valence-corrected chi connectivity index (χ4v) is 4.12. The third-order valence-electron chi connectivity index (χ3n) is 5.50. The molecule has 1 heterocycles. The number of aromatic nitrogens is 1. The molecule has 0 aliphatic rings. The van der Waals surface area contributed by atoms with E-state index in [-0.39, 0.29) is 23.0 Å². The highest BCUT2D eigenvalue weighted by Gasteiger charge is 2.37. The molecule has 170 valence electrons. The molecule has 34 heavy (non-hydrogen) atoms. The Hall–Kier alpha value is -3.80. The molecule has 4 nitrogen and oxygen atoms in total. The van der Waals surface area contributed by atoms with Crippen molar-refractivity contribution in [3.8, 4) is 0 Å². The van der Waals surface area contributed by atoms with Gasteiger partial charge in [0.05, 0.1) is 12.2 Å². The highest BCUT2D eigenvalue weighted by Crippen LogP contribution is 2.41. The van der Waals surface area contributed by atoms with E-state index in [4.69, 9.17) is 21.4 Å². The van der Waals surface area contributed by atoms with E-state index in [9.17, 15) is 9.18 Å². The number of hydrogen-bond acceptors (Lipinski definition) is 3. The number of rotatable bonds is 8. The number of aromatic carboxylic acids is 1. The lowest BCUT2D eigenvalue weighted by molar-refractivity contribution is 0.0354. The second-order valence-corrected chi connectivity index (χ2v) is 7.99. The van der Waals surface area contributed by atoms with Crippen molar-refractivity contribution < 1.29 is 19.0 Å². The van der Waals surface area contributed by atoms with Crippen molar-refractivity contribution in [3.05, 3.63) is 143 Å². The smallest absolute Gasteiger partial charge is 0.338 e. The van der Waals surface area contributed by atoms with E-state index in [1.807, 2.05) is 91.0 Å². The Labute approximate surface area is 201 Å². The summed E-state index contributed by atoms with van der Waals surface area (Å²) in [6, 6.07) is 30.0. The summed E-state index contributed by atoms with van der Waals surface area (Å²) in [4.78, 5) is 15.2. The van der Waals surface area contributed by atoms with E-state index in [2.05, 4.69) is 11.6 Å². The number of carboxylic acids is 1. The van der Waals surface area contributed by atoms with Crippen LogP contribution in [0.25, 0.3) is 5.57 Å². The van der Waals surface area contributed by atoms with Gasteiger partial charge in [0.2, 0.25) is 0 Å². The molecule has 1 aromatic heterocycles. The van der Waals surface area contributed by atoms with E-state index in [0.29, 0.717) is 0 Å². The van der Waals surface area contributed by atoms with Crippen LogP contribution in [0.5, 0.6) is 0 Å². The van der Waals surface area contributed by atoms with Gasteiger partial charge >= 0.3 is 5.97 Å². The van der Waals surface area contributed by atoms with Gasteiger partial charge in [-0.15, -0.1) is 0 Å². The zero-order valence-electron chi connectivity index (χ0n) is 18.1. The molecule has 4 aromatic rings. The summed E-state index contributed by atoms with van der Waals surface area (Å²) in [5.74, 6) is -2.19. The van der Waals surface area contributed by atoms with E-state index < -0.39 is 23.0 Å². The maximum atomic E-state index is 14.7. The molecule has 0 fully saturated rings. The van der Waals surface area contributed by atoms with Crippen molar-refractivity contribution in [2.45, 2.75) is 5.60 Å². The van der Waals surface area contributed by atoms with Crippen molar-refractivity contribution in [2.24, 2.45) is 0 Å². The van der Waals surface area contributed by atoms with Gasteiger partial charge in [-0.1, -0.05) is 109 Å². The van der Waals surface area contributed by atoms with Gasteiger partial charge in [-0.3, -0.25) is 0 Å². The van der Waals surface area contributed by atoms with Crippen LogP contribution in [0.2, 0.25) is 5.15 Å². The maximum Gasteiger partial charge on any atom is 0.338 e. The number of carbonyl (C=O) groups is 1. The minimum Gasteiger partial charge on any atom is -0.478 e. The van der Waals surface area contributed by atoms with Crippen molar-refractivity contribution in [3.63, 3.8) is 0 Å². The lowest BCUT2D eigenvalue weighted by Crippen LogP contribution is -2.33. The van der Waals surface area contributed by atoms with Gasteiger partial charge in [-0.2, -0.15) is 0 Å². The van der Waals surface area contributed by atoms with Gasteiger partial charge < -0.3 is 9.84 Å². The topological polar surface area (TPSA) is 59.4 Å². The van der Waals surface area contributed by atoms with Gasteiger partial charge in [0, 0.05) is 0 Å². The van der Waals surface area contributed by atoms with Crippen molar-refractivity contribution in [1.29, 1.82) is 0 Å². The lowest BCUT2D eigenvalue weighted by Gasteiger charge is -2.36. The molecule has 0 saturated heterocycles. The van der Waals surface area contributed by atoms with Crippen LogP contribution in [0.4, 0.5) is 4.39 Å². The average Bonchev–Trinajstić information content (AvgIpc) is 2.87. The van der Waals surface area contributed by atoms with Crippen molar-refractivity contribution in [1.82, 2.24) is 4.98 Å². The standard InChI is InChI=1S/C28H21ClFNO3/c1-19(25-24(30)17-23(27(32)33)26(29)31-25)18-34-28(20-11-5-2-6-12-20,21-13-7-3-8-14-21)22-15-9-4-10-16-22/h2-17H,1,18H2,(H,32,33). The van der Waals surface area contributed by atoms with E-state index in [0.717, 1.165) is 22.8 Å². The molecule has 0 aliphatic heterocycles. The number of halogens is 2.